The zero-order valence-corrected chi connectivity index (χ0v) is 13.4. The Bertz CT molecular complexity index is 752. The second kappa shape index (κ2) is 5.96. The first-order chi connectivity index (χ1) is 10.7. The first kappa shape index (κ1) is 14.8. The van der Waals surface area contributed by atoms with Crippen molar-refractivity contribution in [2.24, 2.45) is 0 Å². The van der Waals surface area contributed by atoms with E-state index in [2.05, 4.69) is 5.92 Å². The lowest BCUT2D eigenvalue weighted by Crippen LogP contribution is -2.40. The van der Waals surface area contributed by atoms with Crippen LogP contribution in [0, 0.1) is 12.3 Å². The van der Waals surface area contributed by atoms with Gasteiger partial charge in [-0.25, -0.2) is 0 Å². The summed E-state index contributed by atoms with van der Waals surface area (Å²) in [6, 6.07) is 19.1. The van der Waals surface area contributed by atoms with E-state index in [1.54, 1.807) is 4.90 Å². The van der Waals surface area contributed by atoms with Crippen molar-refractivity contribution in [1.82, 2.24) is 0 Å². The molecule has 1 atom stereocenters. The number of thioether (sulfide) groups is 1. The monoisotopic (exact) mass is 323 g/mol. The number of nitrogens with zero attached hydrogens (tertiary/aromatic N) is 1. The number of anilines is 1. The maximum absolute atomic E-state index is 12.9. The minimum atomic E-state index is -0.964. The van der Waals surface area contributed by atoms with Crippen LogP contribution in [0.5, 0.6) is 0 Å². The van der Waals surface area contributed by atoms with Gasteiger partial charge in [-0.3, -0.25) is 9.69 Å². The summed E-state index contributed by atoms with van der Waals surface area (Å²) in [6.45, 7) is 0. The molecule has 2 nitrogen and oxygen atoms in total. The van der Waals surface area contributed by atoms with Crippen molar-refractivity contribution in [3.63, 3.8) is 0 Å². The number of rotatable bonds is 3. The Hall–Kier alpha value is -2.09. The van der Waals surface area contributed by atoms with Gasteiger partial charge >= 0.3 is 0 Å². The fraction of sp³-hybridized carbons (Fsp3) is 0.111. The highest BCUT2D eigenvalue weighted by Crippen LogP contribution is 2.42. The first-order valence-corrected chi connectivity index (χ1v) is 8.03. The Balaban J connectivity index is 1.96. The molecule has 108 valence electrons. The van der Waals surface area contributed by atoms with Gasteiger partial charge in [0, 0.05) is 6.42 Å². The highest BCUT2D eigenvalue weighted by molar-refractivity contribution is 8.25. The van der Waals surface area contributed by atoms with Crippen LogP contribution in [0.1, 0.15) is 5.56 Å². The number of para-hydroxylation sites is 1. The van der Waals surface area contributed by atoms with Gasteiger partial charge in [0.05, 0.1) is 5.69 Å². The Morgan fingerprint density at radius 2 is 1.68 bits per heavy atom. The number of hydrogen-bond donors (Lipinski definition) is 0. The number of thiocarbonyl (C=S) groups is 1. The smallest absolute Gasteiger partial charge is 0.261 e. The van der Waals surface area contributed by atoms with Crippen molar-refractivity contribution in [2.75, 3.05) is 4.90 Å². The van der Waals surface area contributed by atoms with E-state index in [0.717, 1.165) is 11.3 Å². The second-order valence-electron chi connectivity index (χ2n) is 4.98. The van der Waals surface area contributed by atoms with Gasteiger partial charge in [0.15, 0.2) is 4.75 Å². The third kappa shape index (κ3) is 2.54. The van der Waals surface area contributed by atoms with Gasteiger partial charge in [0.1, 0.15) is 4.32 Å². The third-order valence-electron chi connectivity index (χ3n) is 3.54. The predicted molar refractivity (Wildman–Crippen MR) is 95.8 cm³/mol. The Morgan fingerprint density at radius 1 is 1.09 bits per heavy atom. The highest BCUT2D eigenvalue weighted by atomic mass is 32.2. The number of hydrogen-bond acceptors (Lipinski definition) is 3. The summed E-state index contributed by atoms with van der Waals surface area (Å²) in [6.07, 6.45) is 6.20. The molecule has 0 aromatic heterocycles. The molecule has 1 aliphatic heterocycles. The van der Waals surface area contributed by atoms with Crippen LogP contribution in [0.2, 0.25) is 0 Å². The second-order valence-corrected chi connectivity index (χ2v) is 6.91. The molecule has 1 aliphatic rings. The SMILES string of the molecule is C#CC1(Cc2ccccc2)SC(=S)N(c2ccccc2)C1=O. The van der Waals surface area contributed by atoms with Crippen molar-refractivity contribution >= 4 is 39.9 Å². The normalized spacial score (nSPS) is 21.0. The number of terminal acetylenes is 1. The molecule has 1 heterocycles. The van der Waals surface area contributed by atoms with Crippen LogP contribution in [-0.2, 0) is 11.2 Å². The van der Waals surface area contributed by atoms with Crippen LogP contribution in [-0.4, -0.2) is 15.0 Å². The molecule has 0 N–H and O–H groups in total. The number of amides is 1. The van der Waals surface area contributed by atoms with Gasteiger partial charge < -0.3 is 0 Å². The van der Waals surface area contributed by atoms with Crippen LogP contribution < -0.4 is 4.90 Å². The quantitative estimate of drug-likeness (QED) is 0.635. The minimum absolute atomic E-state index is 0.139. The molecule has 0 radical (unpaired) electrons. The van der Waals surface area contributed by atoms with Gasteiger partial charge in [-0.15, -0.1) is 6.42 Å². The van der Waals surface area contributed by atoms with E-state index in [9.17, 15) is 4.79 Å². The molecule has 2 aromatic carbocycles. The summed E-state index contributed by atoms with van der Waals surface area (Å²) in [5, 5.41) is 0. The molecule has 0 spiro atoms. The fourth-order valence-electron chi connectivity index (χ4n) is 2.44. The minimum Gasteiger partial charge on any atom is -0.271 e. The van der Waals surface area contributed by atoms with Crippen LogP contribution in [0.4, 0.5) is 5.69 Å². The van der Waals surface area contributed by atoms with Gasteiger partial charge in [-0.05, 0) is 17.7 Å². The largest absolute Gasteiger partial charge is 0.271 e. The van der Waals surface area contributed by atoms with Gasteiger partial charge in [-0.2, -0.15) is 0 Å². The summed E-state index contributed by atoms with van der Waals surface area (Å²) in [5.41, 5.74) is 1.79. The van der Waals surface area contributed by atoms with Crippen molar-refractivity contribution < 1.29 is 4.79 Å². The summed E-state index contributed by atoms with van der Waals surface area (Å²) in [4.78, 5) is 14.5. The summed E-state index contributed by atoms with van der Waals surface area (Å²) in [5.74, 6) is 2.55. The van der Waals surface area contributed by atoms with E-state index >= 15 is 0 Å². The molecule has 22 heavy (non-hydrogen) atoms. The average molecular weight is 323 g/mol. The molecular formula is C18H13NOS2. The first-order valence-electron chi connectivity index (χ1n) is 6.80. The van der Waals surface area contributed by atoms with Crippen molar-refractivity contribution in [3.05, 3.63) is 66.2 Å². The van der Waals surface area contributed by atoms with Crippen molar-refractivity contribution in [2.45, 2.75) is 11.2 Å². The lowest BCUT2D eigenvalue weighted by atomic mass is 9.97. The molecule has 1 fully saturated rings. The molecule has 1 saturated heterocycles. The predicted octanol–water partition coefficient (Wildman–Crippen LogP) is 3.67. The standard InChI is InChI=1S/C18H13NOS2/c1-2-18(13-14-9-5-3-6-10-14)16(20)19(17(21)22-18)15-11-7-4-8-12-15/h1,3-12H,13H2. The van der Waals surface area contributed by atoms with E-state index in [4.69, 9.17) is 18.6 Å². The van der Waals surface area contributed by atoms with Gasteiger partial charge in [0.2, 0.25) is 0 Å². The van der Waals surface area contributed by atoms with E-state index in [1.807, 2.05) is 60.7 Å². The topological polar surface area (TPSA) is 20.3 Å². The Kier molecular flexibility index (Phi) is 4.02. The van der Waals surface area contributed by atoms with Crippen molar-refractivity contribution in [3.8, 4) is 12.3 Å². The molecule has 0 saturated carbocycles. The molecule has 2 aromatic rings. The fourth-order valence-corrected chi connectivity index (χ4v) is 4.11. The van der Waals surface area contributed by atoms with Crippen LogP contribution in [0.15, 0.2) is 60.7 Å². The Morgan fingerprint density at radius 3 is 2.27 bits per heavy atom. The average Bonchev–Trinajstić information content (AvgIpc) is 2.80. The molecule has 0 aliphatic carbocycles. The zero-order chi connectivity index (χ0) is 15.6. The van der Waals surface area contributed by atoms with E-state index in [0.29, 0.717) is 10.7 Å². The lowest BCUT2D eigenvalue weighted by Gasteiger charge is -2.20. The van der Waals surface area contributed by atoms with Crippen LogP contribution in [0.25, 0.3) is 0 Å². The third-order valence-corrected chi connectivity index (χ3v) is 5.11. The van der Waals surface area contributed by atoms with Crippen LogP contribution >= 0.6 is 24.0 Å². The highest BCUT2D eigenvalue weighted by Gasteiger charge is 2.50. The van der Waals surface area contributed by atoms with Gasteiger partial charge in [0.25, 0.3) is 5.91 Å². The van der Waals surface area contributed by atoms with Gasteiger partial charge in [-0.1, -0.05) is 78.4 Å². The Labute approximate surface area is 139 Å². The summed E-state index contributed by atoms with van der Waals surface area (Å²) in [7, 11) is 0. The molecule has 1 amide bonds. The lowest BCUT2D eigenvalue weighted by molar-refractivity contribution is -0.118. The van der Waals surface area contributed by atoms with E-state index in [1.165, 1.54) is 11.8 Å². The summed E-state index contributed by atoms with van der Waals surface area (Å²) >= 11 is 6.69. The maximum atomic E-state index is 12.9. The molecule has 3 rings (SSSR count). The summed E-state index contributed by atoms with van der Waals surface area (Å²) < 4.78 is -0.459. The van der Waals surface area contributed by atoms with E-state index < -0.39 is 4.75 Å². The molecular weight excluding hydrogens is 310 g/mol. The molecule has 1 unspecified atom stereocenters. The van der Waals surface area contributed by atoms with E-state index in [-0.39, 0.29) is 5.91 Å². The maximum Gasteiger partial charge on any atom is 0.261 e. The number of carbonyl (C=O) groups excluding carboxylic acids is 1. The number of carbonyl (C=O) groups is 1. The van der Waals surface area contributed by atoms with Crippen molar-refractivity contribution in [1.29, 1.82) is 0 Å². The molecule has 4 heteroatoms. The van der Waals surface area contributed by atoms with Crippen LogP contribution in [0.3, 0.4) is 0 Å². The number of benzene rings is 2. The zero-order valence-electron chi connectivity index (χ0n) is 11.7. The molecule has 0 bridgehead atoms.